The monoisotopic (exact) mass is 491 g/mol. The molecule has 3 N–H and O–H groups in total. The van der Waals surface area contributed by atoms with E-state index >= 15 is 0 Å². The van der Waals surface area contributed by atoms with Gasteiger partial charge in [-0.1, -0.05) is 29.8 Å². The van der Waals surface area contributed by atoms with Crippen molar-refractivity contribution in [3.05, 3.63) is 65.4 Å². The molecule has 10 heteroatoms. The van der Waals surface area contributed by atoms with Crippen LogP contribution in [0.4, 0.5) is 17.3 Å². The van der Waals surface area contributed by atoms with Crippen LogP contribution >= 0.6 is 11.6 Å². The molecule has 0 aliphatic carbocycles. The van der Waals surface area contributed by atoms with Crippen LogP contribution < -0.4 is 20.7 Å². The summed E-state index contributed by atoms with van der Waals surface area (Å²) < 4.78 is 7.37. The lowest BCUT2D eigenvalue weighted by atomic mass is 10.2. The molecule has 1 saturated heterocycles. The summed E-state index contributed by atoms with van der Waals surface area (Å²) in [5.41, 5.74) is 8.61. The topological polar surface area (TPSA) is 102 Å². The number of rotatable bonds is 6. The molecular weight excluding hydrogens is 466 g/mol. The second-order valence-electron chi connectivity index (χ2n) is 8.46. The van der Waals surface area contributed by atoms with Crippen molar-refractivity contribution in [2.45, 2.75) is 0 Å². The highest BCUT2D eigenvalue weighted by Crippen LogP contribution is 2.33. The van der Waals surface area contributed by atoms with E-state index in [1.54, 1.807) is 17.9 Å². The van der Waals surface area contributed by atoms with Crippen molar-refractivity contribution in [1.29, 1.82) is 0 Å². The average Bonchev–Trinajstić information content (AvgIpc) is 3.26. The Hall–Kier alpha value is -3.82. The number of hydrogen-bond donors (Lipinski definition) is 2. The third-order valence-corrected chi connectivity index (χ3v) is 6.48. The normalized spacial score (nSPS) is 14.3. The zero-order valence-electron chi connectivity index (χ0n) is 19.5. The Morgan fingerprint density at radius 3 is 2.66 bits per heavy atom. The minimum atomic E-state index is -0.516. The van der Waals surface area contributed by atoms with E-state index in [4.69, 9.17) is 22.1 Å². The van der Waals surface area contributed by atoms with Crippen molar-refractivity contribution in [2.24, 2.45) is 5.73 Å². The minimum Gasteiger partial charge on any atom is -0.495 e. The predicted octanol–water partition coefficient (Wildman–Crippen LogP) is 3.68. The molecule has 0 unspecified atom stereocenters. The van der Waals surface area contributed by atoms with Gasteiger partial charge >= 0.3 is 0 Å². The van der Waals surface area contributed by atoms with E-state index in [1.165, 1.54) is 6.20 Å². The summed E-state index contributed by atoms with van der Waals surface area (Å²) in [6.07, 6.45) is 3.19. The number of carbonyl (C=O) groups excluding carboxylic acids is 1. The Balaban J connectivity index is 1.49. The molecule has 9 nitrogen and oxygen atoms in total. The quantitative estimate of drug-likeness (QED) is 0.424. The summed E-state index contributed by atoms with van der Waals surface area (Å²) in [5, 5.41) is 4.36. The molecule has 5 rings (SSSR count). The smallest absolute Gasteiger partial charge is 0.250 e. The Morgan fingerprint density at radius 1 is 1.14 bits per heavy atom. The van der Waals surface area contributed by atoms with E-state index in [0.29, 0.717) is 22.4 Å². The van der Waals surface area contributed by atoms with Crippen molar-refractivity contribution in [2.75, 3.05) is 50.6 Å². The van der Waals surface area contributed by atoms with Crippen molar-refractivity contribution < 1.29 is 9.53 Å². The van der Waals surface area contributed by atoms with Crippen LogP contribution in [0.3, 0.4) is 0 Å². The number of anilines is 3. The minimum absolute atomic E-state index is 0.347. The molecule has 0 saturated carbocycles. The number of benzene rings is 2. The number of carbonyl (C=O) groups is 1. The van der Waals surface area contributed by atoms with Crippen LogP contribution in [0, 0.1) is 0 Å². The van der Waals surface area contributed by atoms with Crippen LogP contribution in [-0.4, -0.2) is 65.7 Å². The van der Waals surface area contributed by atoms with Crippen LogP contribution in [0.15, 0.2) is 54.9 Å². The molecule has 0 atom stereocenters. The number of methoxy groups -OCH3 is 1. The molecule has 3 heterocycles. The number of nitrogens with zero attached hydrogens (tertiary/aromatic N) is 5. The molecule has 0 bridgehead atoms. The van der Waals surface area contributed by atoms with E-state index in [0.717, 1.165) is 54.2 Å². The number of hydrogen-bond acceptors (Lipinski definition) is 7. The Morgan fingerprint density at radius 2 is 1.91 bits per heavy atom. The van der Waals surface area contributed by atoms with E-state index in [9.17, 15) is 4.79 Å². The zero-order valence-corrected chi connectivity index (χ0v) is 20.3. The molecule has 1 fully saturated rings. The number of piperazine rings is 1. The largest absolute Gasteiger partial charge is 0.495 e. The highest BCUT2D eigenvalue weighted by molar-refractivity contribution is 6.32. The maximum absolute atomic E-state index is 12.0. The van der Waals surface area contributed by atoms with E-state index in [1.807, 2.05) is 42.5 Å². The number of ether oxygens (including phenoxy) is 1. The summed E-state index contributed by atoms with van der Waals surface area (Å²) >= 11 is 6.48. The van der Waals surface area contributed by atoms with Gasteiger partial charge in [0.05, 0.1) is 30.1 Å². The van der Waals surface area contributed by atoms with Crippen LogP contribution in [-0.2, 0) is 0 Å². The van der Waals surface area contributed by atoms with E-state index in [2.05, 4.69) is 32.1 Å². The maximum Gasteiger partial charge on any atom is 0.250 e. The molecular formula is C25H26ClN7O2. The number of fused-ring (bicyclic) bond motifs is 1. The molecule has 4 aromatic rings. The van der Waals surface area contributed by atoms with Crippen molar-refractivity contribution >= 4 is 45.7 Å². The summed E-state index contributed by atoms with van der Waals surface area (Å²) in [6.45, 7) is 3.81. The molecule has 1 aliphatic rings. The predicted molar refractivity (Wildman–Crippen MR) is 138 cm³/mol. The molecule has 35 heavy (non-hydrogen) atoms. The zero-order chi connectivity index (χ0) is 24.5. The lowest BCUT2D eigenvalue weighted by Crippen LogP contribution is -2.44. The summed E-state index contributed by atoms with van der Waals surface area (Å²) in [7, 11) is 3.81. The van der Waals surface area contributed by atoms with Crippen molar-refractivity contribution in [1.82, 2.24) is 19.4 Å². The van der Waals surface area contributed by atoms with Gasteiger partial charge in [-0.2, -0.15) is 4.98 Å². The number of nitrogens with one attached hydrogen (secondary N) is 1. The molecule has 0 spiro atoms. The van der Waals surface area contributed by atoms with Gasteiger partial charge in [-0.15, -0.1) is 0 Å². The molecule has 2 aromatic carbocycles. The van der Waals surface area contributed by atoms with Crippen LogP contribution in [0.2, 0.25) is 5.02 Å². The number of nitrogens with two attached hydrogens (primary N) is 1. The van der Waals surface area contributed by atoms with Gasteiger partial charge in [0.2, 0.25) is 5.95 Å². The molecule has 1 aliphatic heterocycles. The summed E-state index contributed by atoms with van der Waals surface area (Å²) in [5.74, 6) is 1.12. The lowest BCUT2D eigenvalue weighted by Gasteiger charge is -2.34. The summed E-state index contributed by atoms with van der Waals surface area (Å²) in [6, 6.07) is 13.4. The Kier molecular flexibility index (Phi) is 6.19. The number of para-hydroxylation sites is 1. The van der Waals surface area contributed by atoms with E-state index in [-0.39, 0.29) is 0 Å². The fourth-order valence-electron chi connectivity index (χ4n) is 4.33. The number of amides is 1. The first-order valence-corrected chi connectivity index (χ1v) is 11.6. The van der Waals surface area contributed by atoms with Crippen LogP contribution in [0.5, 0.6) is 5.75 Å². The molecule has 2 aromatic heterocycles. The summed E-state index contributed by atoms with van der Waals surface area (Å²) in [4.78, 5) is 25.6. The van der Waals surface area contributed by atoms with E-state index < -0.39 is 5.91 Å². The number of halogens is 1. The second-order valence-corrected chi connectivity index (χ2v) is 8.87. The van der Waals surface area contributed by atoms with Gasteiger partial charge in [-0.25, -0.2) is 4.98 Å². The van der Waals surface area contributed by atoms with Gasteiger partial charge in [0.1, 0.15) is 10.8 Å². The van der Waals surface area contributed by atoms with Crippen LogP contribution in [0.25, 0.3) is 16.7 Å². The highest BCUT2D eigenvalue weighted by atomic mass is 35.5. The number of primary amides is 1. The first kappa shape index (κ1) is 22.9. The van der Waals surface area contributed by atoms with Crippen molar-refractivity contribution in [3.8, 4) is 11.6 Å². The number of likely N-dealkylation sites (N-methyl/N-ethyl adjacent to an activating group) is 1. The Labute approximate surface area is 208 Å². The molecule has 0 radical (unpaired) electrons. The van der Waals surface area contributed by atoms with Gasteiger partial charge in [0, 0.05) is 43.4 Å². The third-order valence-electron chi connectivity index (χ3n) is 6.21. The molecule has 1 amide bonds. The third kappa shape index (κ3) is 4.48. The first-order valence-electron chi connectivity index (χ1n) is 11.3. The Bertz CT molecular complexity index is 1400. The highest BCUT2D eigenvalue weighted by Gasteiger charge is 2.19. The van der Waals surface area contributed by atoms with Gasteiger partial charge in [0.15, 0.2) is 5.82 Å². The fourth-order valence-corrected chi connectivity index (χ4v) is 4.51. The standard InChI is InChI=1S/C25H26ClN7O2/c1-31-9-11-32(12-10-31)21-13-16(7-8-22(21)35-2)29-25-28-14-19(26)24(30-25)33-15-18(23(27)34)17-5-3-4-6-20(17)33/h3-8,13-15H,9-12H2,1-2H3,(H2,27,34)(H,28,29,30). The van der Waals surface area contributed by atoms with Gasteiger partial charge in [-0.05, 0) is 31.3 Å². The van der Waals surface area contributed by atoms with Gasteiger partial charge < -0.3 is 25.6 Å². The van der Waals surface area contributed by atoms with Gasteiger partial charge in [0.25, 0.3) is 5.91 Å². The maximum atomic E-state index is 12.0. The average molecular weight is 492 g/mol. The first-order chi connectivity index (χ1) is 16.9. The second kappa shape index (κ2) is 9.44. The van der Waals surface area contributed by atoms with Gasteiger partial charge in [-0.3, -0.25) is 9.36 Å². The van der Waals surface area contributed by atoms with Crippen LogP contribution in [0.1, 0.15) is 10.4 Å². The lowest BCUT2D eigenvalue weighted by molar-refractivity contribution is 0.100. The molecule has 180 valence electrons. The SMILES string of the molecule is COc1ccc(Nc2ncc(Cl)c(-n3cc(C(N)=O)c4ccccc43)n2)cc1N1CCN(C)CC1. The fraction of sp³-hybridized carbons (Fsp3) is 0.240. The van der Waals surface area contributed by atoms with Crippen molar-refractivity contribution in [3.63, 3.8) is 0 Å². The number of aromatic nitrogens is 3.